The van der Waals surface area contributed by atoms with Crippen LogP contribution in [0.1, 0.15) is 31.4 Å². The monoisotopic (exact) mass is 512 g/mol. The molecule has 0 spiro atoms. The quantitative estimate of drug-likeness (QED) is 0.491. The predicted molar refractivity (Wildman–Crippen MR) is 140 cm³/mol. The lowest BCUT2D eigenvalue weighted by Crippen LogP contribution is -2.37. The summed E-state index contributed by atoms with van der Waals surface area (Å²) in [6, 6.07) is 8.04. The van der Waals surface area contributed by atoms with Crippen LogP contribution in [0, 0.1) is 6.92 Å². The van der Waals surface area contributed by atoms with Crippen LogP contribution in [0.2, 0.25) is 0 Å². The van der Waals surface area contributed by atoms with E-state index in [0.717, 1.165) is 62.2 Å². The summed E-state index contributed by atoms with van der Waals surface area (Å²) in [5.41, 5.74) is 3.17. The van der Waals surface area contributed by atoms with Crippen LogP contribution in [-0.4, -0.2) is 68.1 Å². The van der Waals surface area contributed by atoms with Gasteiger partial charge in [0, 0.05) is 31.4 Å². The summed E-state index contributed by atoms with van der Waals surface area (Å²) in [5.74, 6) is 1.28. The first-order chi connectivity index (χ1) is 17.3. The van der Waals surface area contributed by atoms with Crippen LogP contribution in [0.25, 0.3) is 10.9 Å². The number of anilines is 3. The van der Waals surface area contributed by atoms with E-state index in [9.17, 15) is 8.42 Å². The number of rotatable bonds is 7. The van der Waals surface area contributed by atoms with Crippen molar-refractivity contribution in [1.82, 2.24) is 15.0 Å². The second-order valence-corrected chi connectivity index (χ2v) is 11.2. The third kappa shape index (κ3) is 5.96. The van der Waals surface area contributed by atoms with Gasteiger partial charge in [-0.3, -0.25) is 14.7 Å². The van der Waals surface area contributed by atoms with E-state index in [2.05, 4.69) is 31.0 Å². The zero-order valence-electron chi connectivity index (χ0n) is 20.6. The van der Waals surface area contributed by atoms with Crippen molar-refractivity contribution in [3.05, 3.63) is 42.4 Å². The SMILES string of the molecule is Cc1ncccc1NC1CCC(Oc2nc(N3CCOCC3)cc3ncc(NS(C)(=O)=O)cc23)CC1. The van der Waals surface area contributed by atoms with E-state index >= 15 is 0 Å². The number of nitrogens with zero attached hydrogens (tertiary/aromatic N) is 4. The fourth-order valence-corrected chi connectivity index (χ4v) is 5.27. The van der Waals surface area contributed by atoms with Gasteiger partial charge in [-0.25, -0.2) is 8.42 Å². The Morgan fingerprint density at radius 3 is 2.61 bits per heavy atom. The maximum absolute atomic E-state index is 11.8. The molecule has 2 N–H and O–H groups in total. The van der Waals surface area contributed by atoms with Crippen LogP contribution in [0.4, 0.5) is 17.2 Å². The minimum Gasteiger partial charge on any atom is -0.474 e. The number of aryl methyl sites for hydroxylation is 1. The van der Waals surface area contributed by atoms with E-state index in [1.165, 1.54) is 6.20 Å². The van der Waals surface area contributed by atoms with E-state index in [4.69, 9.17) is 14.5 Å². The van der Waals surface area contributed by atoms with Gasteiger partial charge in [0.15, 0.2) is 0 Å². The van der Waals surface area contributed by atoms with Crippen molar-refractivity contribution in [2.75, 3.05) is 47.5 Å². The summed E-state index contributed by atoms with van der Waals surface area (Å²) in [6.45, 7) is 4.80. The first kappa shape index (κ1) is 24.5. The number of nitrogens with one attached hydrogen (secondary N) is 2. The minimum absolute atomic E-state index is 0.0141. The fourth-order valence-electron chi connectivity index (χ4n) is 4.73. The summed E-state index contributed by atoms with van der Waals surface area (Å²) in [5, 5.41) is 4.30. The average molecular weight is 513 g/mol. The van der Waals surface area contributed by atoms with E-state index in [-0.39, 0.29) is 6.10 Å². The van der Waals surface area contributed by atoms with Gasteiger partial charge in [-0.15, -0.1) is 0 Å². The molecule has 0 bridgehead atoms. The van der Waals surface area contributed by atoms with Crippen molar-refractivity contribution >= 4 is 38.1 Å². The molecule has 0 atom stereocenters. The number of aromatic nitrogens is 3. The Morgan fingerprint density at radius 1 is 1.11 bits per heavy atom. The molecule has 0 unspecified atom stereocenters. The summed E-state index contributed by atoms with van der Waals surface area (Å²) in [6.07, 6.45) is 8.17. The molecule has 2 aliphatic rings. The molecule has 36 heavy (non-hydrogen) atoms. The van der Waals surface area contributed by atoms with Gasteiger partial charge in [-0.2, -0.15) is 4.98 Å². The molecule has 3 aromatic heterocycles. The second-order valence-electron chi connectivity index (χ2n) is 9.42. The summed E-state index contributed by atoms with van der Waals surface area (Å²) in [7, 11) is -3.43. The molecule has 1 aliphatic heterocycles. The molecule has 0 amide bonds. The van der Waals surface area contributed by atoms with E-state index in [1.54, 1.807) is 12.3 Å². The Balaban J connectivity index is 1.36. The number of pyridine rings is 3. The molecule has 2 fully saturated rings. The van der Waals surface area contributed by atoms with Crippen molar-refractivity contribution < 1.29 is 17.9 Å². The molecule has 1 saturated carbocycles. The van der Waals surface area contributed by atoms with Gasteiger partial charge in [0.05, 0.1) is 53.6 Å². The zero-order valence-corrected chi connectivity index (χ0v) is 21.4. The van der Waals surface area contributed by atoms with Crippen molar-refractivity contribution in [3.63, 3.8) is 0 Å². The lowest BCUT2D eigenvalue weighted by molar-refractivity contribution is 0.122. The normalized spacial score (nSPS) is 20.8. The molecule has 5 rings (SSSR count). The van der Waals surface area contributed by atoms with Crippen LogP contribution < -0.4 is 19.7 Å². The van der Waals surface area contributed by atoms with Crippen LogP contribution in [0.5, 0.6) is 5.88 Å². The number of hydrogen-bond acceptors (Lipinski definition) is 9. The largest absolute Gasteiger partial charge is 0.474 e. The molecule has 1 saturated heterocycles. The first-order valence-electron chi connectivity index (χ1n) is 12.3. The number of morpholine rings is 1. The Kier molecular flexibility index (Phi) is 7.10. The topological polar surface area (TPSA) is 119 Å². The van der Waals surface area contributed by atoms with Gasteiger partial charge < -0.3 is 19.7 Å². The Labute approximate surface area is 211 Å². The van der Waals surface area contributed by atoms with Gasteiger partial charge in [0.1, 0.15) is 11.9 Å². The number of hydrogen-bond donors (Lipinski definition) is 2. The molecular formula is C25H32N6O4S. The summed E-state index contributed by atoms with van der Waals surface area (Å²) >= 11 is 0. The predicted octanol–water partition coefficient (Wildman–Crippen LogP) is 3.34. The Bertz CT molecular complexity index is 1320. The van der Waals surface area contributed by atoms with E-state index in [1.807, 2.05) is 19.1 Å². The van der Waals surface area contributed by atoms with E-state index in [0.29, 0.717) is 41.7 Å². The van der Waals surface area contributed by atoms with Crippen molar-refractivity contribution in [2.45, 2.75) is 44.8 Å². The van der Waals surface area contributed by atoms with Gasteiger partial charge in [0.2, 0.25) is 15.9 Å². The standard InChI is InChI=1S/C25H32N6O4S/c1-17-22(4-3-9-26-17)28-18-5-7-20(8-6-18)35-25-21-14-19(30-36(2,32)33)16-27-23(21)15-24(29-25)31-10-12-34-13-11-31/h3-4,9,14-16,18,20,28,30H,5-8,10-13H2,1-2H3. The highest BCUT2D eigenvalue weighted by Gasteiger charge is 2.25. The lowest BCUT2D eigenvalue weighted by Gasteiger charge is -2.31. The molecule has 4 heterocycles. The smallest absolute Gasteiger partial charge is 0.229 e. The molecule has 3 aromatic rings. The van der Waals surface area contributed by atoms with Gasteiger partial charge in [0.25, 0.3) is 0 Å². The molecular weight excluding hydrogens is 480 g/mol. The fraction of sp³-hybridized carbons (Fsp3) is 0.480. The maximum atomic E-state index is 11.8. The number of fused-ring (bicyclic) bond motifs is 1. The number of ether oxygens (including phenoxy) is 2. The lowest BCUT2D eigenvalue weighted by atomic mass is 9.92. The maximum Gasteiger partial charge on any atom is 0.229 e. The van der Waals surface area contributed by atoms with Crippen LogP contribution in [0.15, 0.2) is 36.7 Å². The van der Waals surface area contributed by atoms with Crippen molar-refractivity contribution in [3.8, 4) is 5.88 Å². The number of sulfonamides is 1. The van der Waals surface area contributed by atoms with Crippen molar-refractivity contribution in [2.24, 2.45) is 0 Å². The molecule has 0 radical (unpaired) electrons. The highest BCUT2D eigenvalue weighted by molar-refractivity contribution is 7.92. The third-order valence-electron chi connectivity index (χ3n) is 6.59. The van der Waals surface area contributed by atoms with Gasteiger partial charge in [-0.05, 0) is 50.8 Å². The molecule has 10 nitrogen and oxygen atoms in total. The van der Waals surface area contributed by atoms with Crippen LogP contribution in [0.3, 0.4) is 0 Å². The third-order valence-corrected chi connectivity index (χ3v) is 7.19. The molecule has 1 aliphatic carbocycles. The van der Waals surface area contributed by atoms with Gasteiger partial charge in [-0.1, -0.05) is 0 Å². The second kappa shape index (κ2) is 10.4. The highest BCUT2D eigenvalue weighted by Crippen LogP contribution is 2.33. The Hall–Kier alpha value is -3.18. The first-order valence-corrected chi connectivity index (χ1v) is 14.2. The summed E-state index contributed by atoms with van der Waals surface area (Å²) in [4.78, 5) is 15.9. The zero-order chi connectivity index (χ0) is 25.1. The van der Waals surface area contributed by atoms with Crippen LogP contribution in [-0.2, 0) is 14.8 Å². The Morgan fingerprint density at radius 2 is 1.89 bits per heavy atom. The summed E-state index contributed by atoms with van der Waals surface area (Å²) < 4.78 is 38.0. The van der Waals surface area contributed by atoms with Crippen molar-refractivity contribution in [1.29, 1.82) is 0 Å². The minimum atomic E-state index is -3.43. The molecule has 192 valence electrons. The molecule has 11 heteroatoms. The highest BCUT2D eigenvalue weighted by atomic mass is 32.2. The van der Waals surface area contributed by atoms with Gasteiger partial charge >= 0.3 is 0 Å². The average Bonchev–Trinajstić information content (AvgIpc) is 2.86. The van der Waals surface area contributed by atoms with E-state index < -0.39 is 10.0 Å². The van der Waals surface area contributed by atoms with Crippen LogP contribution >= 0.6 is 0 Å². The molecule has 0 aromatic carbocycles.